The lowest BCUT2D eigenvalue weighted by Gasteiger charge is -2.32. The number of carbonyl (C=O) groups excluding carboxylic acids is 1. The van der Waals surface area contributed by atoms with Crippen LogP contribution in [0.15, 0.2) is 16.9 Å². The molecule has 0 spiro atoms. The molecule has 0 radical (unpaired) electrons. The van der Waals surface area contributed by atoms with Crippen molar-refractivity contribution in [3.8, 4) is 0 Å². The van der Waals surface area contributed by atoms with E-state index in [0.29, 0.717) is 37.6 Å². The largest absolute Gasteiger partial charge is 0.368 e. The Morgan fingerprint density at radius 1 is 1.35 bits per heavy atom. The van der Waals surface area contributed by atoms with E-state index in [0.717, 1.165) is 24.4 Å². The maximum Gasteiger partial charge on any atom is 0.251 e. The van der Waals surface area contributed by atoms with Crippen molar-refractivity contribution in [2.75, 3.05) is 19.7 Å². The van der Waals surface area contributed by atoms with E-state index in [1.807, 2.05) is 24.6 Å². The minimum Gasteiger partial charge on any atom is -0.368 e. The number of nitrogens with zero attached hydrogens (tertiary/aromatic N) is 4. The fraction of sp³-hybridized carbons (Fsp3) is 0.556. The number of aromatic amines is 1. The van der Waals surface area contributed by atoms with Crippen LogP contribution in [0.25, 0.3) is 0 Å². The molecule has 0 aromatic carbocycles. The lowest BCUT2D eigenvalue weighted by Crippen LogP contribution is -2.42. The van der Waals surface area contributed by atoms with Gasteiger partial charge in [0.05, 0.1) is 24.5 Å². The Labute approximate surface area is 152 Å². The van der Waals surface area contributed by atoms with E-state index in [1.165, 1.54) is 6.07 Å². The second kappa shape index (κ2) is 7.82. The maximum atomic E-state index is 12.5. The Hall–Kier alpha value is -2.48. The number of aromatic nitrogens is 4. The first kappa shape index (κ1) is 18.3. The van der Waals surface area contributed by atoms with Crippen molar-refractivity contribution in [2.24, 2.45) is 0 Å². The number of ether oxygens (including phenoxy) is 1. The monoisotopic (exact) mass is 359 g/mol. The molecule has 1 fully saturated rings. The Bertz CT molecular complexity index is 842. The van der Waals surface area contributed by atoms with Crippen molar-refractivity contribution >= 4 is 5.91 Å². The zero-order chi connectivity index (χ0) is 18.7. The van der Waals surface area contributed by atoms with Crippen molar-refractivity contribution in [1.29, 1.82) is 0 Å². The Morgan fingerprint density at radius 3 is 2.85 bits per heavy atom. The zero-order valence-electron chi connectivity index (χ0n) is 15.5. The molecule has 1 aliphatic heterocycles. The van der Waals surface area contributed by atoms with Crippen molar-refractivity contribution in [2.45, 2.75) is 46.3 Å². The van der Waals surface area contributed by atoms with E-state index in [1.54, 1.807) is 11.8 Å². The average Bonchev–Trinajstić information content (AvgIpc) is 2.91. The van der Waals surface area contributed by atoms with Gasteiger partial charge in [0.15, 0.2) is 0 Å². The molecule has 2 aromatic rings. The van der Waals surface area contributed by atoms with Gasteiger partial charge in [-0.2, -0.15) is 5.10 Å². The molecule has 26 heavy (non-hydrogen) atoms. The van der Waals surface area contributed by atoms with Gasteiger partial charge in [-0.1, -0.05) is 0 Å². The van der Waals surface area contributed by atoms with Crippen LogP contribution in [0.5, 0.6) is 0 Å². The molecule has 1 amide bonds. The number of aryl methyl sites for hydroxylation is 4. The quantitative estimate of drug-likeness (QED) is 0.868. The summed E-state index contributed by atoms with van der Waals surface area (Å²) >= 11 is 0. The molecule has 1 aliphatic rings. The molecule has 0 bridgehead atoms. The van der Waals surface area contributed by atoms with E-state index in [2.05, 4.69) is 15.1 Å². The summed E-state index contributed by atoms with van der Waals surface area (Å²) in [6.07, 6.45) is 0.850. The zero-order valence-corrected chi connectivity index (χ0v) is 15.5. The van der Waals surface area contributed by atoms with Crippen molar-refractivity contribution in [3.63, 3.8) is 0 Å². The van der Waals surface area contributed by atoms with Gasteiger partial charge in [-0.05, 0) is 33.3 Å². The molecule has 2 aromatic heterocycles. The first-order chi connectivity index (χ1) is 12.4. The van der Waals surface area contributed by atoms with E-state index < -0.39 is 0 Å². The lowest BCUT2D eigenvalue weighted by molar-refractivity contribution is -0.139. The molecule has 3 rings (SSSR count). The summed E-state index contributed by atoms with van der Waals surface area (Å²) in [4.78, 5) is 32.9. The molecule has 1 unspecified atom stereocenters. The van der Waals surface area contributed by atoms with Crippen LogP contribution in [0.2, 0.25) is 0 Å². The summed E-state index contributed by atoms with van der Waals surface area (Å²) in [5, 5.41) is 4.42. The summed E-state index contributed by atoms with van der Waals surface area (Å²) in [6, 6.07) is 3.47. The first-order valence-corrected chi connectivity index (χ1v) is 8.90. The van der Waals surface area contributed by atoms with Crippen LogP contribution in [-0.4, -0.2) is 50.3 Å². The van der Waals surface area contributed by atoms with E-state index >= 15 is 0 Å². The van der Waals surface area contributed by atoms with Gasteiger partial charge in [-0.3, -0.25) is 14.3 Å². The molecule has 3 heterocycles. The topological polar surface area (TPSA) is 93.1 Å². The SMILES string of the molecule is Cc1cc(C)n(CCCC(=O)N2CCOC(c3cc(=O)[nH]c(C)n3)C2)n1. The maximum absolute atomic E-state index is 12.5. The third-order valence-corrected chi connectivity index (χ3v) is 4.49. The van der Waals surface area contributed by atoms with Gasteiger partial charge in [0.2, 0.25) is 5.91 Å². The number of H-pyrrole nitrogens is 1. The minimum absolute atomic E-state index is 0.0985. The van der Waals surface area contributed by atoms with Crippen LogP contribution in [0.3, 0.4) is 0 Å². The Kier molecular flexibility index (Phi) is 5.51. The highest BCUT2D eigenvalue weighted by molar-refractivity contribution is 5.76. The van der Waals surface area contributed by atoms with Crippen molar-refractivity contribution in [1.82, 2.24) is 24.6 Å². The number of hydrogen-bond donors (Lipinski definition) is 1. The highest BCUT2D eigenvalue weighted by Gasteiger charge is 2.26. The minimum atomic E-state index is -0.357. The molecular weight excluding hydrogens is 334 g/mol. The molecule has 140 valence electrons. The van der Waals surface area contributed by atoms with Crippen LogP contribution < -0.4 is 5.56 Å². The highest BCUT2D eigenvalue weighted by Crippen LogP contribution is 2.20. The van der Waals surface area contributed by atoms with Gasteiger partial charge in [0, 0.05) is 31.3 Å². The standard InChI is InChI=1S/C18H25N5O3/c1-12-9-13(2)23(21-12)6-4-5-18(25)22-7-8-26-16(11-22)15-10-17(24)20-14(3)19-15/h9-10,16H,4-8,11H2,1-3H3,(H,19,20,24). The fourth-order valence-electron chi connectivity index (χ4n) is 3.26. The second-order valence-corrected chi connectivity index (χ2v) is 6.71. The number of morpholine rings is 1. The summed E-state index contributed by atoms with van der Waals surface area (Å²) in [6.45, 7) is 7.88. The van der Waals surface area contributed by atoms with Crippen molar-refractivity contribution < 1.29 is 9.53 Å². The molecule has 1 atom stereocenters. The Morgan fingerprint density at radius 2 is 2.15 bits per heavy atom. The van der Waals surface area contributed by atoms with E-state index in [9.17, 15) is 9.59 Å². The molecule has 8 heteroatoms. The van der Waals surface area contributed by atoms with Crippen LogP contribution in [0.1, 0.15) is 41.9 Å². The molecule has 0 saturated carbocycles. The van der Waals surface area contributed by atoms with Gasteiger partial charge in [0.25, 0.3) is 5.56 Å². The predicted molar refractivity (Wildman–Crippen MR) is 95.8 cm³/mol. The van der Waals surface area contributed by atoms with Gasteiger partial charge in [0.1, 0.15) is 11.9 Å². The second-order valence-electron chi connectivity index (χ2n) is 6.71. The number of amides is 1. The number of nitrogens with one attached hydrogen (secondary N) is 1. The van der Waals surface area contributed by atoms with Crippen LogP contribution in [-0.2, 0) is 16.1 Å². The van der Waals surface area contributed by atoms with Gasteiger partial charge in [-0.15, -0.1) is 0 Å². The number of hydrogen-bond acceptors (Lipinski definition) is 5. The summed E-state index contributed by atoms with van der Waals surface area (Å²) in [5.41, 5.74) is 2.47. The summed E-state index contributed by atoms with van der Waals surface area (Å²) in [7, 11) is 0. The Balaban J connectivity index is 1.56. The normalized spacial score (nSPS) is 17.5. The van der Waals surface area contributed by atoms with Crippen LogP contribution in [0.4, 0.5) is 0 Å². The molecule has 0 aliphatic carbocycles. The van der Waals surface area contributed by atoms with Gasteiger partial charge in [-0.25, -0.2) is 4.98 Å². The van der Waals surface area contributed by atoms with Crippen LogP contribution >= 0.6 is 0 Å². The summed E-state index contributed by atoms with van der Waals surface area (Å²) in [5.74, 6) is 0.644. The highest BCUT2D eigenvalue weighted by atomic mass is 16.5. The lowest BCUT2D eigenvalue weighted by atomic mass is 10.1. The first-order valence-electron chi connectivity index (χ1n) is 8.90. The van der Waals surface area contributed by atoms with Gasteiger partial charge < -0.3 is 14.6 Å². The molecule has 8 nitrogen and oxygen atoms in total. The van der Waals surface area contributed by atoms with E-state index in [4.69, 9.17) is 4.74 Å². The number of rotatable bonds is 5. The predicted octanol–water partition coefficient (Wildman–Crippen LogP) is 1.27. The van der Waals surface area contributed by atoms with Gasteiger partial charge >= 0.3 is 0 Å². The molecule has 1 saturated heterocycles. The van der Waals surface area contributed by atoms with Crippen molar-refractivity contribution in [3.05, 3.63) is 45.4 Å². The fourth-order valence-corrected chi connectivity index (χ4v) is 3.26. The number of carbonyl (C=O) groups is 1. The van der Waals surface area contributed by atoms with E-state index in [-0.39, 0.29) is 17.6 Å². The third kappa shape index (κ3) is 4.37. The molecular formula is C18H25N5O3. The van der Waals surface area contributed by atoms with Crippen LogP contribution in [0, 0.1) is 20.8 Å². The third-order valence-electron chi connectivity index (χ3n) is 4.49. The average molecular weight is 359 g/mol. The smallest absolute Gasteiger partial charge is 0.251 e. The summed E-state index contributed by atoms with van der Waals surface area (Å²) < 4.78 is 7.66. The molecule has 1 N–H and O–H groups in total.